The van der Waals surface area contributed by atoms with Crippen molar-refractivity contribution in [3.63, 3.8) is 0 Å². The molecule has 1 saturated carbocycles. The minimum Gasteiger partial charge on any atom is -0.353 e. The van der Waals surface area contributed by atoms with Gasteiger partial charge in [0, 0.05) is 13.0 Å². The van der Waals surface area contributed by atoms with Crippen molar-refractivity contribution in [2.24, 2.45) is 5.92 Å². The molecule has 0 aromatic heterocycles. The molecule has 0 amide bonds. The summed E-state index contributed by atoms with van der Waals surface area (Å²) in [5.74, 6) is 0.722. The zero-order chi connectivity index (χ0) is 9.80. The number of ether oxygens (including phenoxy) is 2. The van der Waals surface area contributed by atoms with E-state index in [1.807, 2.05) is 0 Å². The fourth-order valence-corrected chi connectivity index (χ4v) is 2.33. The summed E-state index contributed by atoms with van der Waals surface area (Å²) < 4.78 is 11.4. The van der Waals surface area contributed by atoms with E-state index in [4.69, 9.17) is 9.47 Å². The van der Waals surface area contributed by atoms with Gasteiger partial charge in [0.15, 0.2) is 6.29 Å². The van der Waals surface area contributed by atoms with Gasteiger partial charge >= 0.3 is 0 Å². The van der Waals surface area contributed by atoms with Crippen LogP contribution >= 0.6 is 0 Å². The minimum atomic E-state index is 0.0975. The van der Waals surface area contributed by atoms with Gasteiger partial charge in [0.2, 0.25) is 0 Å². The van der Waals surface area contributed by atoms with Gasteiger partial charge in [0.1, 0.15) is 0 Å². The minimum absolute atomic E-state index is 0.0975. The summed E-state index contributed by atoms with van der Waals surface area (Å²) in [6.45, 7) is 4.73. The van der Waals surface area contributed by atoms with Gasteiger partial charge in [-0.1, -0.05) is 6.08 Å². The topological polar surface area (TPSA) is 18.5 Å². The van der Waals surface area contributed by atoms with Crippen molar-refractivity contribution in [2.45, 2.75) is 50.9 Å². The normalized spacial score (nSPS) is 38.4. The van der Waals surface area contributed by atoms with E-state index >= 15 is 0 Å². The van der Waals surface area contributed by atoms with E-state index in [0.29, 0.717) is 6.10 Å². The van der Waals surface area contributed by atoms with Crippen molar-refractivity contribution in [1.29, 1.82) is 0 Å². The fourth-order valence-electron chi connectivity index (χ4n) is 2.33. The highest BCUT2D eigenvalue weighted by Gasteiger charge is 2.24. The highest BCUT2D eigenvalue weighted by atomic mass is 16.7. The molecule has 1 aliphatic heterocycles. The van der Waals surface area contributed by atoms with Crippen LogP contribution in [0.4, 0.5) is 0 Å². The molecule has 1 heterocycles. The Bertz CT molecular complexity index is 177. The maximum absolute atomic E-state index is 5.89. The lowest BCUT2D eigenvalue weighted by molar-refractivity contribution is -0.152. The molecule has 0 bridgehead atoms. The zero-order valence-corrected chi connectivity index (χ0v) is 8.78. The van der Waals surface area contributed by atoms with Gasteiger partial charge in [0.05, 0.1) is 6.10 Å². The van der Waals surface area contributed by atoms with Crippen LogP contribution in [0.2, 0.25) is 0 Å². The molecule has 0 N–H and O–H groups in total. The average molecular weight is 196 g/mol. The second-order valence-corrected chi connectivity index (χ2v) is 4.35. The Hall–Kier alpha value is -0.340. The molecule has 1 saturated heterocycles. The van der Waals surface area contributed by atoms with Crippen molar-refractivity contribution in [1.82, 2.24) is 0 Å². The van der Waals surface area contributed by atoms with Gasteiger partial charge in [-0.15, -0.1) is 6.58 Å². The molecule has 14 heavy (non-hydrogen) atoms. The SMILES string of the molecule is C=CC1CCC(OC2CCCO2)CC1. The predicted molar refractivity (Wildman–Crippen MR) is 56.0 cm³/mol. The van der Waals surface area contributed by atoms with Crippen LogP contribution < -0.4 is 0 Å². The largest absolute Gasteiger partial charge is 0.353 e. The molecule has 2 aliphatic rings. The summed E-state index contributed by atoms with van der Waals surface area (Å²) in [5, 5.41) is 0. The lowest BCUT2D eigenvalue weighted by Gasteiger charge is -2.28. The van der Waals surface area contributed by atoms with Crippen LogP contribution in [0.15, 0.2) is 12.7 Å². The fraction of sp³-hybridized carbons (Fsp3) is 0.833. The lowest BCUT2D eigenvalue weighted by atomic mass is 9.87. The van der Waals surface area contributed by atoms with E-state index in [9.17, 15) is 0 Å². The Labute approximate surface area is 86.3 Å². The van der Waals surface area contributed by atoms with Crippen LogP contribution in [0, 0.1) is 5.92 Å². The second kappa shape index (κ2) is 4.94. The van der Waals surface area contributed by atoms with Gasteiger partial charge in [-0.2, -0.15) is 0 Å². The first kappa shape index (κ1) is 10.2. The third-order valence-corrected chi connectivity index (χ3v) is 3.28. The van der Waals surface area contributed by atoms with Crippen LogP contribution in [0.5, 0.6) is 0 Å². The van der Waals surface area contributed by atoms with Crippen molar-refractivity contribution in [3.8, 4) is 0 Å². The molecule has 2 fully saturated rings. The van der Waals surface area contributed by atoms with Gasteiger partial charge in [-0.25, -0.2) is 0 Å². The monoisotopic (exact) mass is 196 g/mol. The molecule has 2 nitrogen and oxygen atoms in total. The summed E-state index contributed by atoms with van der Waals surface area (Å²) in [5.41, 5.74) is 0. The smallest absolute Gasteiger partial charge is 0.158 e. The Morgan fingerprint density at radius 3 is 2.50 bits per heavy atom. The summed E-state index contributed by atoms with van der Waals surface area (Å²) >= 11 is 0. The summed E-state index contributed by atoms with van der Waals surface area (Å²) in [7, 11) is 0. The number of hydrogen-bond acceptors (Lipinski definition) is 2. The second-order valence-electron chi connectivity index (χ2n) is 4.35. The van der Waals surface area contributed by atoms with Gasteiger partial charge < -0.3 is 9.47 Å². The Morgan fingerprint density at radius 2 is 1.93 bits per heavy atom. The van der Waals surface area contributed by atoms with E-state index in [1.165, 1.54) is 25.7 Å². The third-order valence-electron chi connectivity index (χ3n) is 3.28. The molecular formula is C12H20O2. The highest BCUT2D eigenvalue weighted by Crippen LogP contribution is 2.29. The first-order valence-electron chi connectivity index (χ1n) is 5.78. The summed E-state index contributed by atoms with van der Waals surface area (Å²) in [6.07, 6.45) is 9.69. The third kappa shape index (κ3) is 2.58. The molecule has 2 heteroatoms. The highest BCUT2D eigenvalue weighted by molar-refractivity contribution is 4.84. The van der Waals surface area contributed by atoms with E-state index in [2.05, 4.69) is 12.7 Å². The molecule has 1 unspecified atom stereocenters. The molecule has 0 aromatic carbocycles. The molecule has 0 aromatic rings. The Morgan fingerprint density at radius 1 is 1.14 bits per heavy atom. The van der Waals surface area contributed by atoms with Crippen LogP contribution in [-0.4, -0.2) is 19.0 Å². The molecule has 80 valence electrons. The average Bonchev–Trinajstić information content (AvgIpc) is 2.72. The van der Waals surface area contributed by atoms with Gasteiger partial charge in [-0.05, 0) is 38.0 Å². The Balaban J connectivity index is 1.69. The molecule has 0 radical (unpaired) electrons. The van der Waals surface area contributed by atoms with Crippen molar-refractivity contribution < 1.29 is 9.47 Å². The maximum Gasteiger partial charge on any atom is 0.158 e. The van der Waals surface area contributed by atoms with E-state index in [0.717, 1.165) is 25.4 Å². The summed E-state index contributed by atoms with van der Waals surface area (Å²) in [4.78, 5) is 0. The first-order valence-corrected chi connectivity index (χ1v) is 5.78. The van der Waals surface area contributed by atoms with E-state index < -0.39 is 0 Å². The molecule has 2 rings (SSSR count). The number of hydrogen-bond donors (Lipinski definition) is 0. The maximum atomic E-state index is 5.89. The van der Waals surface area contributed by atoms with Crippen molar-refractivity contribution in [2.75, 3.05) is 6.61 Å². The quantitative estimate of drug-likeness (QED) is 0.646. The predicted octanol–water partition coefficient (Wildman–Crippen LogP) is 2.88. The summed E-state index contributed by atoms with van der Waals surface area (Å²) in [6, 6.07) is 0. The number of rotatable bonds is 3. The van der Waals surface area contributed by atoms with E-state index in [-0.39, 0.29) is 6.29 Å². The van der Waals surface area contributed by atoms with Crippen LogP contribution in [0.1, 0.15) is 38.5 Å². The van der Waals surface area contributed by atoms with Gasteiger partial charge in [0.25, 0.3) is 0 Å². The van der Waals surface area contributed by atoms with Gasteiger partial charge in [-0.3, -0.25) is 0 Å². The lowest BCUT2D eigenvalue weighted by Crippen LogP contribution is -2.25. The molecular weight excluding hydrogens is 176 g/mol. The zero-order valence-electron chi connectivity index (χ0n) is 8.78. The van der Waals surface area contributed by atoms with Crippen molar-refractivity contribution >= 4 is 0 Å². The molecule has 0 spiro atoms. The molecule has 1 aliphatic carbocycles. The standard InChI is InChI=1S/C12H20O2/c1-2-10-5-7-11(8-6-10)14-12-4-3-9-13-12/h2,10-12H,1,3-9H2. The van der Waals surface area contributed by atoms with Crippen molar-refractivity contribution in [3.05, 3.63) is 12.7 Å². The number of allylic oxidation sites excluding steroid dienone is 1. The van der Waals surface area contributed by atoms with Crippen LogP contribution in [-0.2, 0) is 9.47 Å². The molecule has 1 atom stereocenters. The van der Waals surface area contributed by atoms with Crippen LogP contribution in [0.3, 0.4) is 0 Å². The first-order chi connectivity index (χ1) is 6.88. The Kier molecular flexibility index (Phi) is 3.60. The van der Waals surface area contributed by atoms with Crippen LogP contribution in [0.25, 0.3) is 0 Å². The van der Waals surface area contributed by atoms with E-state index in [1.54, 1.807) is 0 Å².